The Kier molecular flexibility index (Phi) is 10.5. The second-order valence-corrected chi connectivity index (χ2v) is 8.20. The van der Waals surface area contributed by atoms with Crippen molar-refractivity contribution in [2.24, 2.45) is 0 Å². The summed E-state index contributed by atoms with van der Waals surface area (Å²) in [6, 6.07) is 23.3. The first-order valence-electron chi connectivity index (χ1n) is 11.9. The number of rotatable bonds is 13. The van der Waals surface area contributed by atoms with Crippen LogP contribution in [0, 0.1) is 0 Å². The van der Waals surface area contributed by atoms with Crippen molar-refractivity contribution in [3.8, 4) is 11.5 Å². The van der Waals surface area contributed by atoms with E-state index in [-0.39, 0.29) is 37.4 Å². The number of para-hydroxylation sites is 1. The van der Waals surface area contributed by atoms with Gasteiger partial charge in [-0.15, -0.1) is 0 Å². The number of nitrogens with one attached hydrogen (secondary N) is 1. The van der Waals surface area contributed by atoms with E-state index in [1.165, 1.54) is 14.2 Å². The molecular formula is C29H31NO7. The van der Waals surface area contributed by atoms with E-state index < -0.39 is 23.9 Å². The van der Waals surface area contributed by atoms with Crippen LogP contribution in [0.15, 0.2) is 78.9 Å². The lowest BCUT2D eigenvalue weighted by Gasteiger charge is -2.19. The second-order valence-electron chi connectivity index (χ2n) is 8.20. The predicted molar refractivity (Wildman–Crippen MR) is 137 cm³/mol. The minimum Gasteiger partial charge on any atom is -0.485 e. The van der Waals surface area contributed by atoms with Gasteiger partial charge in [0.25, 0.3) is 5.91 Å². The molecule has 3 aromatic carbocycles. The van der Waals surface area contributed by atoms with Crippen molar-refractivity contribution < 1.29 is 33.3 Å². The number of hydrogen-bond acceptors (Lipinski definition) is 7. The number of hydrogen-bond donors (Lipinski definition) is 1. The van der Waals surface area contributed by atoms with Crippen LogP contribution in [0.1, 0.15) is 40.7 Å². The SMILES string of the molecule is COC(=O)CCC[C@H](NC(=O)c1cccc(OCc2ccccc2)c1OCc1ccccc1)C(=O)OC. The first-order chi connectivity index (χ1) is 18.0. The molecule has 0 saturated heterocycles. The minimum atomic E-state index is -0.946. The summed E-state index contributed by atoms with van der Waals surface area (Å²) < 4.78 is 21.6. The van der Waals surface area contributed by atoms with Crippen molar-refractivity contribution in [3.63, 3.8) is 0 Å². The van der Waals surface area contributed by atoms with Crippen LogP contribution in [-0.2, 0) is 32.3 Å². The molecule has 3 rings (SSSR count). The molecule has 0 unspecified atom stereocenters. The molecule has 0 heterocycles. The summed E-state index contributed by atoms with van der Waals surface area (Å²) in [5, 5.41) is 2.71. The fraction of sp³-hybridized carbons (Fsp3) is 0.276. The maximum absolute atomic E-state index is 13.3. The third kappa shape index (κ3) is 8.38. The summed E-state index contributed by atoms with van der Waals surface area (Å²) in [6.45, 7) is 0.498. The van der Waals surface area contributed by atoms with Crippen LogP contribution in [0.25, 0.3) is 0 Å². The van der Waals surface area contributed by atoms with Crippen molar-refractivity contribution >= 4 is 17.8 Å². The molecule has 0 fully saturated rings. The van der Waals surface area contributed by atoms with Crippen LogP contribution in [-0.4, -0.2) is 38.1 Å². The number of benzene rings is 3. The fourth-order valence-electron chi connectivity index (χ4n) is 3.60. The highest BCUT2D eigenvalue weighted by Gasteiger charge is 2.25. The molecule has 1 N–H and O–H groups in total. The van der Waals surface area contributed by atoms with Gasteiger partial charge in [-0.25, -0.2) is 4.79 Å². The summed E-state index contributed by atoms with van der Waals surface area (Å²) in [6.07, 6.45) is 0.663. The van der Waals surface area contributed by atoms with Crippen LogP contribution in [0.5, 0.6) is 11.5 Å². The number of esters is 2. The minimum absolute atomic E-state index is 0.119. The van der Waals surface area contributed by atoms with Crippen molar-refractivity contribution in [2.75, 3.05) is 14.2 Å². The lowest BCUT2D eigenvalue weighted by atomic mass is 10.1. The number of carbonyl (C=O) groups excluding carboxylic acids is 3. The van der Waals surface area contributed by atoms with E-state index in [0.717, 1.165) is 11.1 Å². The molecule has 0 aliphatic carbocycles. The molecule has 0 spiro atoms. The molecule has 8 heteroatoms. The molecule has 8 nitrogen and oxygen atoms in total. The molecule has 1 amide bonds. The lowest BCUT2D eigenvalue weighted by molar-refractivity contribution is -0.144. The molecule has 0 radical (unpaired) electrons. The summed E-state index contributed by atoms with van der Waals surface area (Å²) in [5.74, 6) is -0.872. The van der Waals surface area contributed by atoms with E-state index in [2.05, 4.69) is 10.1 Å². The zero-order valence-electron chi connectivity index (χ0n) is 21.0. The van der Waals surface area contributed by atoms with Gasteiger partial charge in [-0.05, 0) is 36.1 Å². The van der Waals surface area contributed by atoms with E-state index in [1.54, 1.807) is 18.2 Å². The zero-order valence-corrected chi connectivity index (χ0v) is 21.0. The molecule has 0 bridgehead atoms. The third-order valence-corrected chi connectivity index (χ3v) is 5.58. The van der Waals surface area contributed by atoms with Gasteiger partial charge in [-0.3, -0.25) is 9.59 Å². The smallest absolute Gasteiger partial charge is 0.328 e. The number of ether oxygens (including phenoxy) is 4. The van der Waals surface area contributed by atoms with Gasteiger partial charge in [-0.2, -0.15) is 0 Å². The summed E-state index contributed by atoms with van der Waals surface area (Å²) in [7, 11) is 2.54. The van der Waals surface area contributed by atoms with E-state index in [9.17, 15) is 14.4 Å². The Hall–Kier alpha value is -4.33. The van der Waals surface area contributed by atoms with E-state index in [0.29, 0.717) is 12.2 Å². The first kappa shape index (κ1) is 27.3. The van der Waals surface area contributed by atoms with Gasteiger partial charge >= 0.3 is 11.9 Å². The standard InChI is InChI=1S/C29H31NO7/c1-34-26(31)18-10-16-24(29(33)35-2)30-28(32)23-15-9-17-25(36-19-21-11-5-3-6-12-21)27(23)37-20-22-13-7-4-8-14-22/h3-9,11-15,17,24H,10,16,18-20H2,1-2H3,(H,30,32)/t24-/m0/s1. The first-order valence-corrected chi connectivity index (χ1v) is 11.9. The van der Waals surface area contributed by atoms with Crippen LogP contribution in [0.2, 0.25) is 0 Å². The third-order valence-electron chi connectivity index (χ3n) is 5.58. The monoisotopic (exact) mass is 505 g/mol. The van der Waals surface area contributed by atoms with Crippen LogP contribution in [0.3, 0.4) is 0 Å². The van der Waals surface area contributed by atoms with Gasteiger partial charge < -0.3 is 24.3 Å². The average Bonchev–Trinajstić information content (AvgIpc) is 2.94. The Morgan fingerprint density at radius 2 is 1.38 bits per heavy atom. The molecular weight excluding hydrogens is 474 g/mol. The summed E-state index contributed by atoms with van der Waals surface area (Å²) in [5.41, 5.74) is 2.09. The topological polar surface area (TPSA) is 100 Å². The average molecular weight is 506 g/mol. The predicted octanol–water partition coefficient (Wildman–Crippen LogP) is 4.46. The molecule has 0 saturated carbocycles. The Balaban J connectivity index is 1.82. The Morgan fingerprint density at radius 3 is 1.97 bits per heavy atom. The van der Waals surface area contributed by atoms with Gasteiger partial charge in [-0.1, -0.05) is 66.7 Å². The van der Waals surface area contributed by atoms with E-state index >= 15 is 0 Å². The number of carbonyl (C=O) groups is 3. The van der Waals surface area contributed by atoms with E-state index in [1.807, 2.05) is 60.7 Å². The highest BCUT2D eigenvalue weighted by Crippen LogP contribution is 2.33. The summed E-state index contributed by atoms with van der Waals surface area (Å²) in [4.78, 5) is 37.1. The normalized spacial score (nSPS) is 11.2. The molecule has 3 aromatic rings. The molecule has 194 valence electrons. The molecule has 1 atom stereocenters. The highest BCUT2D eigenvalue weighted by atomic mass is 16.5. The Bertz CT molecular complexity index is 1170. The van der Waals surface area contributed by atoms with Gasteiger partial charge in [0.1, 0.15) is 19.3 Å². The van der Waals surface area contributed by atoms with Crippen LogP contribution >= 0.6 is 0 Å². The molecule has 0 aliphatic rings. The highest BCUT2D eigenvalue weighted by molar-refractivity contribution is 5.99. The van der Waals surface area contributed by atoms with Crippen molar-refractivity contribution in [3.05, 3.63) is 95.6 Å². The van der Waals surface area contributed by atoms with Gasteiger partial charge in [0, 0.05) is 6.42 Å². The molecule has 0 aromatic heterocycles. The molecule has 37 heavy (non-hydrogen) atoms. The largest absolute Gasteiger partial charge is 0.485 e. The lowest BCUT2D eigenvalue weighted by Crippen LogP contribution is -2.41. The van der Waals surface area contributed by atoms with Crippen molar-refractivity contribution in [1.82, 2.24) is 5.32 Å². The maximum atomic E-state index is 13.3. The van der Waals surface area contributed by atoms with Crippen molar-refractivity contribution in [2.45, 2.75) is 38.5 Å². The maximum Gasteiger partial charge on any atom is 0.328 e. The van der Waals surface area contributed by atoms with Gasteiger partial charge in [0.2, 0.25) is 0 Å². The van der Waals surface area contributed by atoms with Gasteiger partial charge in [0.05, 0.1) is 19.8 Å². The Morgan fingerprint density at radius 1 is 0.757 bits per heavy atom. The molecule has 0 aliphatic heterocycles. The van der Waals surface area contributed by atoms with Crippen LogP contribution < -0.4 is 14.8 Å². The summed E-state index contributed by atoms with van der Waals surface area (Å²) >= 11 is 0. The Labute approximate surface area is 216 Å². The fourth-order valence-corrected chi connectivity index (χ4v) is 3.60. The van der Waals surface area contributed by atoms with Crippen molar-refractivity contribution in [1.29, 1.82) is 0 Å². The van der Waals surface area contributed by atoms with Gasteiger partial charge in [0.15, 0.2) is 11.5 Å². The second kappa shape index (κ2) is 14.3. The quantitative estimate of drug-likeness (QED) is 0.342. The van der Waals surface area contributed by atoms with Crippen LogP contribution in [0.4, 0.5) is 0 Å². The van der Waals surface area contributed by atoms with E-state index in [4.69, 9.17) is 14.2 Å². The number of amides is 1. The number of methoxy groups -OCH3 is 2. The zero-order chi connectivity index (χ0) is 26.5.